The summed E-state index contributed by atoms with van der Waals surface area (Å²) in [5.74, 6) is 1.56. The second kappa shape index (κ2) is 11.5. The van der Waals surface area contributed by atoms with Gasteiger partial charge in [0.2, 0.25) is 0 Å². The fraction of sp³-hybridized carbons (Fsp3) is 0.458. The van der Waals surface area contributed by atoms with Crippen LogP contribution in [0.25, 0.3) is 11.0 Å². The second-order valence-electron chi connectivity index (χ2n) is 7.51. The molecule has 0 N–H and O–H groups in total. The quantitative estimate of drug-likeness (QED) is 0.270. The number of nitrogens with zero attached hydrogens (tertiary/aromatic N) is 2. The van der Waals surface area contributed by atoms with Gasteiger partial charge in [0.1, 0.15) is 18.2 Å². The maximum Gasteiger partial charge on any atom is 0.147 e. The monoisotopic (exact) mass is 432 g/mol. The van der Waals surface area contributed by atoms with Crippen molar-refractivity contribution in [1.29, 1.82) is 0 Å². The predicted octanol–water partition coefficient (Wildman–Crippen LogP) is 8.06. The molecule has 0 atom stereocenters. The Morgan fingerprint density at radius 1 is 0.897 bits per heavy atom. The van der Waals surface area contributed by atoms with E-state index in [4.69, 9.17) is 32.9 Å². The molecule has 0 radical (unpaired) electrons. The van der Waals surface area contributed by atoms with E-state index >= 15 is 0 Å². The molecule has 3 rings (SSSR count). The van der Waals surface area contributed by atoms with E-state index in [0.29, 0.717) is 22.4 Å². The van der Waals surface area contributed by atoms with E-state index in [-0.39, 0.29) is 0 Å². The Labute approximate surface area is 184 Å². The van der Waals surface area contributed by atoms with Crippen LogP contribution in [0.5, 0.6) is 5.75 Å². The van der Waals surface area contributed by atoms with E-state index < -0.39 is 0 Å². The highest BCUT2D eigenvalue weighted by Gasteiger charge is 2.12. The summed E-state index contributed by atoms with van der Waals surface area (Å²) in [4.78, 5) is 4.79. The van der Waals surface area contributed by atoms with Gasteiger partial charge >= 0.3 is 0 Å². The lowest BCUT2D eigenvalue weighted by Crippen LogP contribution is -2.08. The Hall–Kier alpha value is -1.71. The molecule has 0 aliphatic carbocycles. The van der Waals surface area contributed by atoms with Gasteiger partial charge in [-0.1, -0.05) is 87.2 Å². The van der Waals surface area contributed by atoms with Crippen molar-refractivity contribution in [3.8, 4) is 5.75 Å². The number of imidazole rings is 1. The van der Waals surface area contributed by atoms with Crippen molar-refractivity contribution in [1.82, 2.24) is 9.55 Å². The molecule has 0 bridgehead atoms. The van der Waals surface area contributed by atoms with Gasteiger partial charge < -0.3 is 9.30 Å². The zero-order valence-electron chi connectivity index (χ0n) is 17.2. The Morgan fingerprint density at radius 2 is 1.62 bits per heavy atom. The highest BCUT2D eigenvalue weighted by molar-refractivity contribution is 6.35. The summed E-state index contributed by atoms with van der Waals surface area (Å²) in [5.41, 5.74) is 2.17. The van der Waals surface area contributed by atoms with Gasteiger partial charge in [-0.2, -0.15) is 0 Å². The Kier molecular flexibility index (Phi) is 8.69. The Morgan fingerprint density at radius 3 is 2.38 bits per heavy atom. The number of hydrogen-bond acceptors (Lipinski definition) is 2. The summed E-state index contributed by atoms with van der Waals surface area (Å²) >= 11 is 12.2. The molecule has 0 fully saturated rings. The van der Waals surface area contributed by atoms with Crippen LogP contribution >= 0.6 is 23.2 Å². The maximum absolute atomic E-state index is 6.24. The molecule has 0 aliphatic rings. The molecule has 3 aromatic rings. The third kappa shape index (κ3) is 6.38. The van der Waals surface area contributed by atoms with E-state index in [9.17, 15) is 0 Å². The largest absolute Gasteiger partial charge is 0.484 e. The van der Waals surface area contributed by atoms with Crippen LogP contribution in [-0.4, -0.2) is 9.55 Å². The van der Waals surface area contributed by atoms with Crippen LogP contribution in [0.4, 0.5) is 0 Å². The SMILES string of the molecule is CCCCCCCCCCn1c(COc2ccc(Cl)cc2Cl)nc2ccccc21. The second-order valence-corrected chi connectivity index (χ2v) is 8.35. The lowest BCUT2D eigenvalue weighted by molar-refractivity contribution is 0.289. The van der Waals surface area contributed by atoms with Gasteiger partial charge in [0.05, 0.1) is 16.1 Å². The summed E-state index contributed by atoms with van der Waals surface area (Å²) < 4.78 is 8.24. The van der Waals surface area contributed by atoms with Gasteiger partial charge in [0, 0.05) is 11.6 Å². The summed E-state index contributed by atoms with van der Waals surface area (Å²) in [6.07, 6.45) is 10.5. The minimum absolute atomic E-state index is 0.382. The van der Waals surface area contributed by atoms with Crippen molar-refractivity contribution < 1.29 is 4.74 Å². The predicted molar refractivity (Wildman–Crippen MR) is 123 cm³/mol. The van der Waals surface area contributed by atoms with Crippen LogP contribution in [0.15, 0.2) is 42.5 Å². The molecule has 1 heterocycles. The summed E-state index contributed by atoms with van der Waals surface area (Å²) in [7, 11) is 0. The molecule has 29 heavy (non-hydrogen) atoms. The van der Waals surface area contributed by atoms with E-state index in [0.717, 1.165) is 29.8 Å². The third-order valence-corrected chi connectivity index (χ3v) is 5.75. The number of benzene rings is 2. The van der Waals surface area contributed by atoms with Crippen LogP contribution in [0.2, 0.25) is 10.0 Å². The van der Waals surface area contributed by atoms with Crippen LogP contribution in [0.1, 0.15) is 64.1 Å². The third-order valence-electron chi connectivity index (χ3n) is 5.22. The highest BCUT2D eigenvalue weighted by Crippen LogP contribution is 2.28. The number of aromatic nitrogens is 2. The number of ether oxygens (including phenoxy) is 1. The van der Waals surface area contributed by atoms with E-state index in [1.54, 1.807) is 18.2 Å². The van der Waals surface area contributed by atoms with Gasteiger partial charge in [-0.15, -0.1) is 0 Å². The first-order valence-electron chi connectivity index (χ1n) is 10.7. The zero-order chi connectivity index (χ0) is 20.5. The van der Waals surface area contributed by atoms with Crippen LogP contribution < -0.4 is 4.74 Å². The molecule has 3 nitrogen and oxygen atoms in total. The Bertz CT molecular complexity index is 907. The van der Waals surface area contributed by atoms with Crippen molar-refractivity contribution in [3.63, 3.8) is 0 Å². The average Bonchev–Trinajstić information content (AvgIpc) is 3.07. The van der Waals surface area contributed by atoms with E-state index in [1.165, 1.54) is 44.9 Å². The first kappa shape index (κ1) is 22.0. The zero-order valence-corrected chi connectivity index (χ0v) is 18.7. The molecule has 0 amide bonds. The molecule has 0 saturated carbocycles. The summed E-state index contributed by atoms with van der Waals surface area (Å²) in [6.45, 7) is 3.60. The minimum atomic E-state index is 0.382. The molecule has 0 unspecified atom stereocenters. The number of para-hydroxylation sites is 2. The van der Waals surface area contributed by atoms with Crippen molar-refractivity contribution >= 4 is 34.2 Å². The van der Waals surface area contributed by atoms with Crippen molar-refractivity contribution in [2.45, 2.75) is 71.4 Å². The molecular weight excluding hydrogens is 403 g/mol. The van der Waals surface area contributed by atoms with Gasteiger partial charge in [-0.25, -0.2) is 4.98 Å². The molecule has 156 valence electrons. The molecule has 2 aromatic carbocycles. The van der Waals surface area contributed by atoms with E-state index in [1.807, 2.05) is 6.07 Å². The van der Waals surface area contributed by atoms with Crippen LogP contribution in [-0.2, 0) is 13.2 Å². The molecular formula is C24H30Cl2N2O. The lowest BCUT2D eigenvalue weighted by Gasteiger charge is -2.11. The maximum atomic E-state index is 6.24. The van der Waals surface area contributed by atoms with Gasteiger partial charge in [0.15, 0.2) is 0 Å². The molecule has 5 heteroatoms. The molecule has 0 spiro atoms. The first-order chi connectivity index (χ1) is 14.2. The Balaban J connectivity index is 1.60. The summed E-state index contributed by atoms with van der Waals surface area (Å²) in [5, 5.41) is 1.12. The lowest BCUT2D eigenvalue weighted by atomic mass is 10.1. The minimum Gasteiger partial charge on any atom is -0.484 e. The van der Waals surface area contributed by atoms with Crippen LogP contribution in [0.3, 0.4) is 0 Å². The van der Waals surface area contributed by atoms with Crippen molar-refractivity contribution in [3.05, 3.63) is 58.3 Å². The number of unbranched alkanes of at least 4 members (excludes halogenated alkanes) is 7. The standard InChI is InChI=1S/C24H30Cl2N2O/c1-2-3-4-5-6-7-8-11-16-28-22-13-10-9-12-21(22)27-24(28)18-29-23-15-14-19(25)17-20(23)26/h9-10,12-15,17H,2-8,11,16,18H2,1H3. The van der Waals surface area contributed by atoms with Crippen LogP contribution in [0, 0.1) is 0 Å². The molecule has 1 aromatic heterocycles. The number of halogens is 2. The van der Waals surface area contributed by atoms with Gasteiger partial charge in [-0.3, -0.25) is 0 Å². The van der Waals surface area contributed by atoms with Gasteiger partial charge in [0.25, 0.3) is 0 Å². The van der Waals surface area contributed by atoms with Crippen molar-refractivity contribution in [2.75, 3.05) is 0 Å². The van der Waals surface area contributed by atoms with Crippen molar-refractivity contribution in [2.24, 2.45) is 0 Å². The number of fused-ring (bicyclic) bond motifs is 1. The number of hydrogen-bond donors (Lipinski definition) is 0. The fourth-order valence-corrected chi connectivity index (χ4v) is 4.09. The van der Waals surface area contributed by atoms with Gasteiger partial charge in [-0.05, 0) is 36.8 Å². The first-order valence-corrected chi connectivity index (χ1v) is 11.5. The average molecular weight is 433 g/mol. The number of rotatable bonds is 12. The fourth-order valence-electron chi connectivity index (χ4n) is 3.62. The smallest absolute Gasteiger partial charge is 0.147 e. The molecule has 0 aliphatic heterocycles. The highest BCUT2D eigenvalue weighted by atomic mass is 35.5. The molecule has 0 saturated heterocycles. The summed E-state index contributed by atoms with van der Waals surface area (Å²) in [6, 6.07) is 13.6. The normalized spacial score (nSPS) is 11.3. The van der Waals surface area contributed by atoms with E-state index in [2.05, 4.69) is 29.7 Å². The topological polar surface area (TPSA) is 27.1 Å². The number of aryl methyl sites for hydroxylation is 1.